The molecule has 0 amide bonds. The van der Waals surface area contributed by atoms with E-state index in [2.05, 4.69) is 46.7 Å². The van der Waals surface area contributed by atoms with Crippen molar-refractivity contribution in [3.63, 3.8) is 0 Å². The van der Waals surface area contributed by atoms with E-state index in [1.807, 2.05) is 0 Å². The van der Waals surface area contributed by atoms with E-state index >= 15 is 0 Å². The molecule has 4 heteroatoms. The number of hydrogen-bond donors (Lipinski definition) is 0. The van der Waals surface area contributed by atoms with Gasteiger partial charge in [-0.05, 0) is 32.4 Å². The Morgan fingerprint density at radius 2 is 1.95 bits per heavy atom. The molecule has 0 radical (unpaired) electrons. The number of aromatic nitrogens is 2. The Morgan fingerprint density at radius 3 is 2.63 bits per heavy atom. The van der Waals surface area contributed by atoms with Crippen LogP contribution in [0.15, 0.2) is 12.4 Å². The van der Waals surface area contributed by atoms with Gasteiger partial charge in [-0.15, -0.1) is 0 Å². The van der Waals surface area contributed by atoms with Gasteiger partial charge in [0.25, 0.3) is 0 Å². The van der Waals surface area contributed by atoms with Gasteiger partial charge >= 0.3 is 0 Å². The van der Waals surface area contributed by atoms with Crippen molar-refractivity contribution in [2.24, 2.45) is 5.41 Å². The normalized spacial score (nSPS) is 27.9. The molecule has 0 unspecified atom stereocenters. The summed E-state index contributed by atoms with van der Waals surface area (Å²) < 4.78 is 0. The fourth-order valence-electron chi connectivity index (χ4n) is 3.47. The first-order valence-corrected chi connectivity index (χ1v) is 7.33. The first-order valence-electron chi connectivity index (χ1n) is 7.33. The van der Waals surface area contributed by atoms with Crippen molar-refractivity contribution >= 4 is 5.82 Å². The van der Waals surface area contributed by atoms with Crippen molar-refractivity contribution in [1.29, 1.82) is 0 Å². The molecule has 3 heterocycles. The number of nitrogens with zero attached hydrogens (tertiary/aromatic N) is 4. The fourth-order valence-corrected chi connectivity index (χ4v) is 3.47. The van der Waals surface area contributed by atoms with Crippen LogP contribution in [-0.4, -0.2) is 48.1 Å². The predicted molar refractivity (Wildman–Crippen MR) is 77.5 cm³/mol. The molecule has 0 bridgehead atoms. The Balaban J connectivity index is 1.76. The van der Waals surface area contributed by atoms with Gasteiger partial charge in [-0.2, -0.15) is 0 Å². The van der Waals surface area contributed by atoms with Crippen LogP contribution in [0.5, 0.6) is 0 Å². The van der Waals surface area contributed by atoms with Crippen LogP contribution < -0.4 is 4.90 Å². The summed E-state index contributed by atoms with van der Waals surface area (Å²) in [6.07, 6.45) is 4.36. The Morgan fingerprint density at radius 1 is 1.16 bits per heavy atom. The van der Waals surface area contributed by atoms with Crippen LogP contribution in [0, 0.1) is 5.41 Å². The van der Waals surface area contributed by atoms with E-state index < -0.39 is 0 Å². The van der Waals surface area contributed by atoms with Crippen LogP contribution in [-0.2, 0) is 0 Å². The van der Waals surface area contributed by atoms with E-state index in [1.165, 1.54) is 25.9 Å². The SMILES string of the molecule is CC(C)c1cc(N2CC[C@]3(CCN(C)C3)C2)ncn1. The number of likely N-dealkylation sites (tertiary alicyclic amines) is 1. The van der Waals surface area contributed by atoms with Gasteiger partial charge in [0.1, 0.15) is 12.1 Å². The highest BCUT2D eigenvalue weighted by molar-refractivity contribution is 5.41. The van der Waals surface area contributed by atoms with E-state index in [0.717, 1.165) is 24.6 Å². The second-order valence-electron chi connectivity index (χ2n) is 6.62. The van der Waals surface area contributed by atoms with Gasteiger partial charge in [0.05, 0.1) is 0 Å². The highest BCUT2D eigenvalue weighted by Crippen LogP contribution is 2.40. The van der Waals surface area contributed by atoms with Gasteiger partial charge in [0, 0.05) is 36.8 Å². The molecule has 1 aromatic rings. The summed E-state index contributed by atoms with van der Waals surface area (Å²) in [4.78, 5) is 13.8. The zero-order chi connectivity index (χ0) is 13.5. The molecule has 3 rings (SSSR count). The molecule has 1 atom stereocenters. The summed E-state index contributed by atoms with van der Waals surface area (Å²) >= 11 is 0. The molecule has 0 N–H and O–H groups in total. The fraction of sp³-hybridized carbons (Fsp3) is 0.733. The summed E-state index contributed by atoms with van der Waals surface area (Å²) in [5.74, 6) is 1.58. The molecule has 4 nitrogen and oxygen atoms in total. The van der Waals surface area contributed by atoms with Gasteiger partial charge in [0.15, 0.2) is 0 Å². The molecular formula is C15H24N4. The molecule has 0 saturated carbocycles. The van der Waals surface area contributed by atoms with Crippen molar-refractivity contribution in [2.45, 2.75) is 32.6 Å². The lowest BCUT2D eigenvalue weighted by Crippen LogP contribution is -2.30. The topological polar surface area (TPSA) is 32.3 Å². The molecule has 2 saturated heterocycles. The predicted octanol–water partition coefficient (Wildman–Crippen LogP) is 2.13. The van der Waals surface area contributed by atoms with Crippen molar-refractivity contribution < 1.29 is 0 Å². The number of anilines is 1. The smallest absolute Gasteiger partial charge is 0.132 e. The van der Waals surface area contributed by atoms with E-state index in [-0.39, 0.29) is 0 Å². The lowest BCUT2D eigenvalue weighted by atomic mass is 9.86. The molecule has 1 aromatic heterocycles. The van der Waals surface area contributed by atoms with Gasteiger partial charge in [-0.25, -0.2) is 9.97 Å². The summed E-state index contributed by atoms with van der Waals surface area (Å²) in [6.45, 7) is 9.15. The zero-order valence-electron chi connectivity index (χ0n) is 12.3. The Kier molecular flexibility index (Phi) is 3.21. The minimum absolute atomic E-state index is 0.468. The van der Waals surface area contributed by atoms with Crippen LogP contribution in [0.25, 0.3) is 0 Å². The Labute approximate surface area is 115 Å². The van der Waals surface area contributed by atoms with Crippen molar-refractivity contribution in [1.82, 2.24) is 14.9 Å². The van der Waals surface area contributed by atoms with Crippen molar-refractivity contribution in [3.05, 3.63) is 18.1 Å². The molecule has 2 aliphatic rings. The maximum absolute atomic E-state index is 4.48. The summed E-state index contributed by atoms with van der Waals surface area (Å²) in [5, 5.41) is 0. The van der Waals surface area contributed by atoms with E-state index in [0.29, 0.717) is 11.3 Å². The minimum Gasteiger partial charge on any atom is -0.356 e. The average molecular weight is 260 g/mol. The third-order valence-electron chi connectivity index (χ3n) is 4.66. The first-order chi connectivity index (χ1) is 9.08. The molecule has 1 spiro atoms. The quantitative estimate of drug-likeness (QED) is 0.815. The molecule has 0 aromatic carbocycles. The first kappa shape index (κ1) is 12.9. The van der Waals surface area contributed by atoms with Crippen molar-refractivity contribution in [2.75, 3.05) is 38.1 Å². The highest BCUT2D eigenvalue weighted by atomic mass is 15.2. The largest absolute Gasteiger partial charge is 0.356 e. The highest BCUT2D eigenvalue weighted by Gasteiger charge is 2.42. The molecule has 2 fully saturated rings. The third-order valence-corrected chi connectivity index (χ3v) is 4.66. The van der Waals surface area contributed by atoms with Gasteiger partial charge < -0.3 is 9.80 Å². The van der Waals surface area contributed by atoms with Crippen LogP contribution in [0.3, 0.4) is 0 Å². The zero-order valence-corrected chi connectivity index (χ0v) is 12.3. The molecular weight excluding hydrogens is 236 g/mol. The molecule has 0 aliphatic carbocycles. The summed E-state index contributed by atoms with van der Waals surface area (Å²) in [6, 6.07) is 2.17. The monoisotopic (exact) mass is 260 g/mol. The van der Waals surface area contributed by atoms with Gasteiger partial charge in [-0.1, -0.05) is 13.8 Å². The molecule has 104 valence electrons. The van der Waals surface area contributed by atoms with Crippen LogP contribution >= 0.6 is 0 Å². The summed E-state index contributed by atoms with van der Waals surface area (Å²) in [7, 11) is 2.24. The van der Waals surface area contributed by atoms with E-state index in [1.54, 1.807) is 6.33 Å². The maximum Gasteiger partial charge on any atom is 0.132 e. The third kappa shape index (κ3) is 2.46. The maximum atomic E-state index is 4.48. The Bertz CT molecular complexity index is 459. The second-order valence-corrected chi connectivity index (χ2v) is 6.62. The van der Waals surface area contributed by atoms with Crippen LogP contribution in [0.2, 0.25) is 0 Å². The summed E-state index contributed by atoms with van der Waals surface area (Å²) in [5.41, 5.74) is 1.66. The van der Waals surface area contributed by atoms with Gasteiger partial charge in [-0.3, -0.25) is 0 Å². The molecule has 2 aliphatic heterocycles. The standard InChI is InChI=1S/C15H24N4/c1-12(2)13-8-14(17-11-16-13)19-7-5-15(10-19)4-6-18(3)9-15/h8,11-12H,4-7,9-10H2,1-3H3/t15-/m0/s1. The minimum atomic E-state index is 0.468. The van der Waals surface area contributed by atoms with E-state index in [4.69, 9.17) is 0 Å². The van der Waals surface area contributed by atoms with Crippen LogP contribution in [0.1, 0.15) is 38.3 Å². The molecule has 19 heavy (non-hydrogen) atoms. The van der Waals surface area contributed by atoms with Crippen molar-refractivity contribution in [3.8, 4) is 0 Å². The lowest BCUT2D eigenvalue weighted by molar-refractivity contribution is 0.312. The average Bonchev–Trinajstić information content (AvgIpc) is 2.97. The van der Waals surface area contributed by atoms with Crippen LogP contribution in [0.4, 0.5) is 5.82 Å². The van der Waals surface area contributed by atoms with Gasteiger partial charge in [0.2, 0.25) is 0 Å². The number of rotatable bonds is 2. The lowest BCUT2D eigenvalue weighted by Gasteiger charge is -2.24. The number of hydrogen-bond acceptors (Lipinski definition) is 4. The second kappa shape index (κ2) is 4.75. The Hall–Kier alpha value is -1.16. The van der Waals surface area contributed by atoms with E-state index in [9.17, 15) is 0 Å².